The van der Waals surface area contributed by atoms with E-state index in [2.05, 4.69) is 20.9 Å². The molecule has 16 heavy (non-hydrogen) atoms. The first-order chi connectivity index (χ1) is 14.6. The van der Waals surface area contributed by atoms with E-state index < -0.39 is 72.1 Å². The summed E-state index contributed by atoms with van der Waals surface area (Å²) >= 11 is 3.09. The second-order valence-electron chi connectivity index (χ2n) is 2.61. The summed E-state index contributed by atoms with van der Waals surface area (Å²) in [5.41, 5.74) is -0.960. The molecule has 0 bridgehead atoms. The van der Waals surface area contributed by atoms with E-state index in [9.17, 15) is 0 Å². The molecule has 0 aliphatic carbocycles. The number of rotatable bonds is 2. The molecule has 2 rings (SSSR count). The van der Waals surface area contributed by atoms with E-state index in [4.69, 9.17) is 24.7 Å². The Morgan fingerprint density at radius 2 is 2.25 bits per heavy atom. The van der Waals surface area contributed by atoms with Crippen LogP contribution in [0.3, 0.4) is 0 Å². The number of thiazole rings is 1. The Kier molecular flexibility index (Phi) is 0.906. The van der Waals surface area contributed by atoms with Gasteiger partial charge in [0, 0.05) is 45.2 Å². The zero-order valence-corrected chi connectivity index (χ0v) is 10.0. The van der Waals surface area contributed by atoms with Gasteiger partial charge in [0.05, 0.1) is 15.0 Å². The molecule has 0 unspecified atom stereocenters. The second kappa shape index (κ2) is 5.02. The molecule has 90 valence electrons. The first-order valence-electron chi connectivity index (χ1n) is 12.9. The highest BCUT2D eigenvalue weighted by Crippen LogP contribution is 2.35. The Morgan fingerprint density at radius 1 is 1.50 bits per heavy atom. The molecule has 2 heterocycles. The monoisotopic (exact) mass is 321 g/mol. The number of piperazine rings is 1. The van der Waals surface area contributed by atoms with E-state index in [0.717, 1.165) is 0 Å². The SMILES string of the molecule is [2H]C([2H])([2H])N1C([2H])([2H])C([2H])([2H])N(c2nc(C([2H])(C([2H])([2H])[2H])C([2H])([2H])[2H])c(Br)s2)C([2H])([2H])C1([2H])[2H]. The third-order valence-corrected chi connectivity index (χ3v) is 3.24. The van der Waals surface area contributed by atoms with Crippen LogP contribution in [0.4, 0.5) is 5.13 Å². The standard InChI is InChI=1S/C11H18BrN3S/c1-8(2)9-10(12)16-11(13-9)15-6-4-14(3)5-7-15/h8H,4-7H2,1-3H3/i1D3,2D3,3D3,4D2,5D2,6D2,7D2,8D. The molecule has 0 saturated carbocycles. The van der Waals surface area contributed by atoms with Gasteiger partial charge in [-0.3, -0.25) is 0 Å². The third-order valence-electron chi connectivity index (χ3n) is 1.55. The molecular weight excluding hydrogens is 286 g/mol. The van der Waals surface area contributed by atoms with E-state index in [-0.39, 0.29) is 16.2 Å². The van der Waals surface area contributed by atoms with Crippen molar-refractivity contribution in [1.29, 1.82) is 0 Å². The van der Waals surface area contributed by atoms with Crippen LogP contribution in [-0.2, 0) is 0 Å². The van der Waals surface area contributed by atoms with E-state index >= 15 is 0 Å². The second-order valence-corrected chi connectivity index (χ2v) is 4.91. The lowest BCUT2D eigenvalue weighted by Crippen LogP contribution is -2.44. The predicted molar refractivity (Wildman–Crippen MR) is 73.6 cm³/mol. The van der Waals surface area contributed by atoms with E-state index in [1.54, 1.807) is 0 Å². The number of nitrogens with zero attached hydrogens (tertiary/aromatic N) is 3. The Morgan fingerprint density at radius 3 is 2.88 bits per heavy atom. The molecule has 3 nitrogen and oxygen atoms in total. The molecule has 1 aromatic rings. The lowest BCUT2D eigenvalue weighted by atomic mass is 10.2. The number of hydrogen-bond donors (Lipinski definition) is 0. The van der Waals surface area contributed by atoms with Crippen molar-refractivity contribution in [2.75, 3.05) is 37.9 Å². The van der Waals surface area contributed by atoms with Gasteiger partial charge in [-0.15, -0.1) is 0 Å². The van der Waals surface area contributed by atoms with Crippen LogP contribution in [0, 0.1) is 0 Å². The maximum absolute atomic E-state index is 8.25. The zero-order chi connectivity index (χ0) is 27.3. The van der Waals surface area contributed by atoms with Gasteiger partial charge in [0.2, 0.25) is 0 Å². The van der Waals surface area contributed by atoms with E-state index in [1.165, 1.54) is 0 Å². The molecule has 0 radical (unpaired) electrons. The smallest absolute Gasteiger partial charge is 0.186 e. The number of halogens is 1. The number of anilines is 1. The molecule has 0 amide bonds. The van der Waals surface area contributed by atoms with Gasteiger partial charge in [-0.25, -0.2) is 4.98 Å². The van der Waals surface area contributed by atoms with Crippen molar-refractivity contribution < 1.29 is 24.7 Å². The lowest BCUT2D eigenvalue weighted by molar-refractivity contribution is 0.312. The molecule has 1 saturated heterocycles. The Balaban J connectivity index is 2.88. The normalized spacial score (nSPS) is 50.7. The fourth-order valence-electron chi connectivity index (χ4n) is 0.892. The van der Waals surface area contributed by atoms with Crippen LogP contribution in [0.2, 0.25) is 0 Å². The summed E-state index contributed by atoms with van der Waals surface area (Å²) in [4.78, 5) is 2.98. The van der Waals surface area contributed by atoms with Crippen molar-refractivity contribution in [1.82, 2.24) is 9.88 Å². The van der Waals surface area contributed by atoms with Crippen LogP contribution in [0.25, 0.3) is 0 Å². The Labute approximate surface area is 135 Å². The molecule has 1 fully saturated rings. The molecule has 5 heteroatoms. The Hall–Kier alpha value is -0.130. The van der Waals surface area contributed by atoms with Crippen LogP contribution in [0.1, 0.15) is 50.0 Å². The zero-order valence-electron chi connectivity index (χ0n) is 25.6. The average molecular weight is 322 g/mol. The maximum atomic E-state index is 8.25. The number of hydrogen-bond acceptors (Lipinski definition) is 4. The van der Waals surface area contributed by atoms with Crippen molar-refractivity contribution in [2.24, 2.45) is 0 Å². The minimum atomic E-state index is -3.71. The van der Waals surface area contributed by atoms with Gasteiger partial charge >= 0.3 is 0 Å². The topological polar surface area (TPSA) is 19.4 Å². The van der Waals surface area contributed by atoms with Crippen molar-refractivity contribution >= 4 is 32.4 Å². The van der Waals surface area contributed by atoms with Crippen LogP contribution in [-0.4, -0.2) is 42.8 Å². The highest BCUT2D eigenvalue weighted by Gasteiger charge is 2.20. The summed E-state index contributed by atoms with van der Waals surface area (Å²) < 4.78 is 141. The van der Waals surface area contributed by atoms with Gasteiger partial charge in [0.1, 0.15) is 0 Å². The van der Waals surface area contributed by atoms with E-state index in [0.29, 0.717) is 0 Å². The molecule has 1 aliphatic rings. The van der Waals surface area contributed by atoms with Crippen molar-refractivity contribution in [3.8, 4) is 0 Å². The van der Waals surface area contributed by atoms with Crippen LogP contribution < -0.4 is 4.90 Å². The molecule has 1 aromatic heterocycles. The minimum absolute atomic E-state index is 0.138. The molecule has 0 N–H and O–H groups in total. The summed E-state index contributed by atoms with van der Waals surface area (Å²) in [7, 11) is 0. The molecule has 0 spiro atoms. The third kappa shape index (κ3) is 2.57. The molecule has 0 atom stereocenters. The van der Waals surface area contributed by atoms with Crippen LogP contribution >= 0.6 is 27.3 Å². The van der Waals surface area contributed by atoms with Crippen molar-refractivity contribution in [2.45, 2.75) is 19.6 Å². The molecule has 1 aliphatic heterocycles. The summed E-state index contributed by atoms with van der Waals surface area (Å²) in [6.07, 6.45) is 0. The highest BCUT2D eigenvalue weighted by atomic mass is 79.9. The van der Waals surface area contributed by atoms with Gasteiger partial charge < -0.3 is 9.80 Å². The van der Waals surface area contributed by atoms with Gasteiger partial charge in [-0.05, 0) is 28.8 Å². The molecule has 0 aromatic carbocycles. The highest BCUT2D eigenvalue weighted by molar-refractivity contribution is 9.11. The van der Waals surface area contributed by atoms with Gasteiger partial charge in [-0.2, -0.15) is 0 Å². The largest absolute Gasteiger partial charge is 0.345 e. The van der Waals surface area contributed by atoms with Crippen molar-refractivity contribution in [3.63, 3.8) is 0 Å². The summed E-state index contributed by atoms with van der Waals surface area (Å²) in [6, 6.07) is 0. The summed E-state index contributed by atoms with van der Waals surface area (Å²) in [6.45, 7) is -25.4. The maximum Gasteiger partial charge on any atom is 0.186 e. The average Bonchev–Trinajstić information content (AvgIpc) is 2.89. The fourth-order valence-corrected chi connectivity index (χ4v) is 2.34. The van der Waals surface area contributed by atoms with Gasteiger partial charge in [0.15, 0.2) is 5.13 Å². The quantitative estimate of drug-likeness (QED) is 0.835. The van der Waals surface area contributed by atoms with Gasteiger partial charge in [-0.1, -0.05) is 25.0 Å². The van der Waals surface area contributed by atoms with Crippen LogP contribution in [0.5, 0.6) is 0 Å². The van der Waals surface area contributed by atoms with Crippen molar-refractivity contribution in [3.05, 3.63) is 9.48 Å². The lowest BCUT2D eigenvalue weighted by Gasteiger charge is -2.32. The summed E-state index contributed by atoms with van der Waals surface area (Å²) in [5, 5.41) is -0.917. The first kappa shape index (κ1) is 2.89. The number of aromatic nitrogens is 1. The first-order valence-corrected chi connectivity index (χ1v) is 5.50. The Bertz CT molecular complexity index is 902. The fraction of sp³-hybridized carbons (Fsp3) is 0.727. The predicted octanol–water partition coefficient (Wildman–Crippen LogP) is 2.78. The van der Waals surface area contributed by atoms with E-state index in [1.807, 2.05) is 0 Å². The van der Waals surface area contributed by atoms with Gasteiger partial charge in [0.25, 0.3) is 0 Å². The molecular formula is C11H18BrN3S. The van der Waals surface area contributed by atoms with Crippen LogP contribution in [0.15, 0.2) is 3.79 Å². The number of likely N-dealkylation sites (N-methyl/N-ethyl adjacent to an activating group) is 1. The minimum Gasteiger partial charge on any atom is -0.345 e. The summed E-state index contributed by atoms with van der Waals surface area (Å²) in [5.74, 6) is -3.38.